The van der Waals surface area contributed by atoms with Crippen LogP contribution in [0.15, 0.2) is 15.8 Å². The van der Waals surface area contributed by atoms with Crippen LogP contribution in [0.25, 0.3) is 0 Å². The average molecular weight is 359 g/mol. The highest BCUT2D eigenvalue weighted by atomic mass is 31.2. The smallest absolute Gasteiger partial charge is 0.391 e. The third-order valence-corrected chi connectivity index (χ3v) is 3.08. The van der Waals surface area contributed by atoms with E-state index in [1.165, 1.54) is 0 Å². The van der Waals surface area contributed by atoms with Crippen LogP contribution in [0.3, 0.4) is 0 Å². The Kier molecular flexibility index (Phi) is 3.80. The van der Waals surface area contributed by atoms with Crippen molar-refractivity contribution in [1.29, 1.82) is 0 Å². The molecule has 1 aliphatic rings. The summed E-state index contributed by atoms with van der Waals surface area (Å²) in [6.45, 7) is -4.70. The maximum atomic E-state index is 14.9. The van der Waals surface area contributed by atoms with E-state index in [2.05, 4.69) is 9.26 Å². The van der Waals surface area contributed by atoms with Crippen LogP contribution in [0.1, 0.15) is 22.3 Å². The number of hydrogen-bond acceptors (Lipinski definition) is 7. The first-order valence-corrected chi connectivity index (χ1v) is 7.48. The summed E-state index contributed by atoms with van der Waals surface area (Å²) in [7, 11) is -5.53. The molecule has 23 heavy (non-hydrogen) atoms. The van der Waals surface area contributed by atoms with Gasteiger partial charge >= 0.3 is 13.5 Å². The summed E-state index contributed by atoms with van der Waals surface area (Å²) in [5.74, 6) is -3.75. The van der Waals surface area contributed by atoms with Crippen molar-refractivity contribution >= 4 is 7.82 Å². The second kappa shape index (κ2) is 6.24. The summed E-state index contributed by atoms with van der Waals surface area (Å²) < 4.78 is 56.8. The number of H-pyrrole nitrogens is 1. The molecule has 13 heteroatoms. The van der Waals surface area contributed by atoms with Gasteiger partial charge in [-0.15, -0.1) is 0 Å². The van der Waals surface area contributed by atoms with E-state index in [1.807, 2.05) is 0 Å². The third kappa shape index (κ3) is 4.12. The number of hydrogen-bond donors (Lipinski definition) is 5. The standard InChI is InChI=1S/C10H14FN2O9P/c11-10(4-21-23(18,19)20)1-6(15)8(22-10)13-2-5(3-14)7(16)12-9(13)17/h2,6,8,14-15H,1,3-4H2,(H,12,16,17)(H2,18,19,20)/t6-,8-,10+/m1/s1/i4D2,8D. The predicted octanol–water partition coefficient (Wildman–Crippen LogP) is -1.92. The molecule has 0 saturated carbocycles. The largest absolute Gasteiger partial charge is 0.469 e. The zero-order valence-electron chi connectivity index (χ0n) is 14.2. The number of nitrogens with one attached hydrogen (secondary N) is 1. The van der Waals surface area contributed by atoms with Crippen molar-refractivity contribution in [2.75, 3.05) is 6.56 Å². The Bertz CT molecular complexity index is 872. The summed E-state index contributed by atoms with van der Waals surface area (Å²) >= 11 is 0. The number of alkyl halides is 1. The van der Waals surface area contributed by atoms with E-state index >= 15 is 0 Å². The van der Waals surface area contributed by atoms with Crippen LogP contribution in [-0.4, -0.2) is 48.1 Å². The van der Waals surface area contributed by atoms with Crippen molar-refractivity contribution in [3.63, 3.8) is 0 Å². The lowest BCUT2D eigenvalue weighted by Gasteiger charge is -2.21. The number of aromatic amines is 1. The van der Waals surface area contributed by atoms with Gasteiger partial charge in [0.1, 0.15) is 12.7 Å². The fraction of sp³-hybridized carbons (Fsp3) is 0.600. The number of phosphoric acid groups is 1. The van der Waals surface area contributed by atoms with Crippen molar-refractivity contribution in [2.24, 2.45) is 0 Å². The van der Waals surface area contributed by atoms with Gasteiger partial charge < -0.3 is 24.7 Å². The van der Waals surface area contributed by atoms with Gasteiger partial charge in [-0.1, -0.05) is 0 Å². The van der Waals surface area contributed by atoms with E-state index in [0.717, 1.165) is 0 Å². The Hall–Kier alpha value is -1.40. The normalized spacial score (nSPS) is 34.0. The SMILES string of the molecule is [2H]C([2H])(OP(=O)(O)O)[C@]1(F)C[C@@H](O)[C@]([2H])(n2cc(CO)c(=O)[nH]c2=O)O1. The Morgan fingerprint density at radius 1 is 1.65 bits per heavy atom. The van der Waals surface area contributed by atoms with E-state index in [-0.39, 0.29) is 4.57 Å². The Balaban J connectivity index is 2.52. The van der Waals surface area contributed by atoms with Crippen LogP contribution in [0.5, 0.6) is 0 Å². The molecule has 0 amide bonds. The number of nitrogens with zero attached hydrogens (tertiary/aromatic N) is 1. The molecule has 0 bridgehead atoms. The number of aromatic nitrogens is 2. The molecule has 0 radical (unpaired) electrons. The summed E-state index contributed by atoms with van der Waals surface area (Å²) in [5, 5.41) is 19.0. The quantitative estimate of drug-likeness (QED) is 0.376. The minimum atomic E-state index is -5.53. The molecular formula is C10H14FN2O9P. The van der Waals surface area contributed by atoms with E-state index in [1.54, 1.807) is 4.98 Å². The highest BCUT2D eigenvalue weighted by Crippen LogP contribution is 2.42. The molecule has 5 N–H and O–H groups in total. The van der Waals surface area contributed by atoms with E-state index in [4.69, 9.17) is 19.0 Å². The third-order valence-electron chi connectivity index (χ3n) is 2.75. The molecule has 11 nitrogen and oxygen atoms in total. The van der Waals surface area contributed by atoms with Gasteiger partial charge in [0.25, 0.3) is 5.56 Å². The first-order valence-electron chi connectivity index (χ1n) is 7.45. The van der Waals surface area contributed by atoms with Crippen LogP contribution in [0.2, 0.25) is 0 Å². The molecule has 130 valence electrons. The Morgan fingerprint density at radius 2 is 2.30 bits per heavy atom. The molecule has 0 aliphatic carbocycles. The zero-order valence-corrected chi connectivity index (χ0v) is 12.1. The molecule has 0 spiro atoms. The average Bonchev–Trinajstić information content (AvgIpc) is 2.68. The lowest BCUT2D eigenvalue weighted by Crippen LogP contribution is -2.37. The number of ether oxygens (including phenoxy) is 1. The van der Waals surface area contributed by atoms with Gasteiger partial charge in [0.2, 0.25) is 5.85 Å². The molecule has 1 saturated heterocycles. The molecule has 2 heterocycles. The van der Waals surface area contributed by atoms with Crippen LogP contribution in [-0.2, 0) is 20.4 Å². The zero-order chi connectivity index (χ0) is 20.1. The summed E-state index contributed by atoms with van der Waals surface area (Å²) in [4.78, 5) is 42.4. The molecule has 2 rings (SSSR count). The van der Waals surface area contributed by atoms with Gasteiger partial charge in [0, 0.05) is 12.6 Å². The second-order valence-electron chi connectivity index (χ2n) is 4.51. The lowest BCUT2D eigenvalue weighted by molar-refractivity contribution is -0.178. The van der Waals surface area contributed by atoms with Crippen LogP contribution >= 0.6 is 7.82 Å². The van der Waals surface area contributed by atoms with Gasteiger partial charge in [-0.3, -0.25) is 18.9 Å². The summed E-state index contributed by atoms with van der Waals surface area (Å²) in [5.41, 5.74) is -2.81. The minimum absolute atomic E-state index is 0.194. The van der Waals surface area contributed by atoms with Crippen molar-refractivity contribution in [2.45, 2.75) is 31.2 Å². The topological polar surface area (TPSA) is 171 Å². The highest BCUT2D eigenvalue weighted by Gasteiger charge is 2.49. The number of rotatable bonds is 5. The predicted molar refractivity (Wildman–Crippen MR) is 69.8 cm³/mol. The fourth-order valence-electron chi connectivity index (χ4n) is 1.80. The molecule has 1 aliphatic heterocycles. The van der Waals surface area contributed by atoms with Crippen molar-refractivity contribution < 1.29 is 42.3 Å². The van der Waals surface area contributed by atoms with Crippen molar-refractivity contribution in [3.8, 4) is 0 Å². The number of aliphatic hydroxyl groups is 2. The molecule has 1 fully saturated rings. The van der Waals surface area contributed by atoms with Crippen LogP contribution in [0, 0.1) is 0 Å². The Labute approximate surface area is 131 Å². The summed E-state index contributed by atoms with van der Waals surface area (Å²) in [6.07, 6.45) is -6.00. The van der Waals surface area contributed by atoms with E-state index < -0.39 is 62.4 Å². The molecule has 1 aromatic heterocycles. The Morgan fingerprint density at radius 3 is 2.87 bits per heavy atom. The number of halogens is 1. The fourth-order valence-corrected chi connectivity index (χ4v) is 2.05. The van der Waals surface area contributed by atoms with Gasteiger partial charge in [0.05, 0.1) is 16.3 Å². The highest BCUT2D eigenvalue weighted by molar-refractivity contribution is 7.46. The van der Waals surface area contributed by atoms with Crippen LogP contribution in [0.4, 0.5) is 4.39 Å². The van der Waals surface area contributed by atoms with Crippen molar-refractivity contribution in [1.82, 2.24) is 9.55 Å². The monoisotopic (exact) mass is 359 g/mol. The molecule has 1 aromatic rings. The summed E-state index contributed by atoms with van der Waals surface area (Å²) in [6, 6.07) is 0. The number of phosphoric ester groups is 1. The van der Waals surface area contributed by atoms with E-state index in [0.29, 0.717) is 6.20 Å². The van der Waals surface area contributed by atoms with Gasteiger partial charge in [-0.05, 0) is 0 Å². The second-order valence-corrected chi connectivity index (χ2v) is 5.68. The molecule has 0 aromatic carbocycles. The first-order chi connectivity index (χ1) is 11.7. The maximum Gasteiger partial charge on any atom is 0.469 e. The minimum Gasteiger partial charge on any atom is -0.391 e. The maximum absolute atomic E-state index is 14.9. The van der Waals surface area contributed by atoms with Crippen LogP contribution < -0.4 is 11.2 Å². The lowest BCUT2D eigenvalue weighted by atomic mass is 10.2. The van der Waals surface area contributed by atoms with Gasteiger partial charge in [-0.2, -0.15) is 0 Å². The molecule has 3 atom stereocenters. The number of aliphatic hydroxyl groups excluding tert-OH is 2. The van der Waals surface area contributed by atoms with E-state index in [9.17, 15) is 23.7 Å². The van der Waals surface area contributed by atoms with Crippen molar-refractivity contribution in [3.05, 3.63) is 32.6 Å². The van der Waals surface area contributed by atoms with Gasteiger partial charge in [-0.25, -0.2) is 13.8 Å². The molecule has 0 unspecified atom stereocenters. The first kappa shape index (κ1) is 14.0. The molecular weight excluding hydrogens is 342 g/mol. The van der Waals surface area contributed by atoms with Gasteiger partial charge in [0.15, 0.2) is 6.20 Å².